The number of halogens is 3. The number of amides is 1. The molecule has 31 heavy (non-hydrogen) atoms. The van der Waals surface area contributed by atoms with Crippen LogP contribution in [0.15, 0.2) is 30.3 Å². The van der Waals surface area contributed by atoms with E-state index in [1.54, 1.807) is 6.07 Å². The van der Waals surface area contributed by atoms with Crippen LogP contribution in [0.25, 0.3) is 22.0 Å². The molecule has 0 unspecified atom stereocenters. The van der Waals surface area contributed by atoms with Crippen molar-refractivity contribution in [1.82, 2.24) is 15.5 Å². The number of ether oxygens (including phenoxy) is 1. The summed E-state index contributed by atoms with van der Waals surface area (Å²) in [5.74, 6) is -0.215. The smallest absolute Gasteiger partial charge is 0.339 e. The van der Waals surface area contributed by atoms with Gasteiger partial charge in [-0.2, -0.15) is 5.10 Å². The molecule has 0 spiro atoms. The minimum absolute atomic E-state index is 0. The van der Waals surface area contributed by atoms with Crippen LogP contribution < -0.4 is 16.4 Å². The second-order valence-electron chi connectivity index (χ2n) is 6.92. The summed E-state index contributed by atoms with van der Waals surface area (Å²) in [5.41, 5.74) is 8.54. The highest BCUT2D eigenvalue weighted by Crippen LogP contribution is 2.35. The van der Waals surface area contributed by atoms with Gasteiger partial charge in [0.25, 0.3) is 0 Å². The van der Waals surface area contributed by atoms with Gasteiger partial charge in [-0.3, -0.25) is 9.89 Å². The maximum Gasteiger partial charge on any atom is 0.339 e. The molecule has 1 fully saturated rings. The Balaban J connectivity index is 0.00000171. The van der Waals surface area contributed by atoms with Crippen LogP contribution in [0.1, 0.15) is 16.8 Å². The molecule has 4 rings (SSSR count). The molecule has 2 aromatic carbocycles. The molecule has 0 saturated carbocycles. The number of methoxy groups -OCH3 is 1. The van der Waals surface area contributed by atoms with Gasteiger partial charge in [0.15, 0.2) is 5.82 Å². The molecule has 5 N–H and O–H groups in total. The lowest BCUT2D eigenvalue weighted by atomic mass is 10.00. The molecule has 1 amide bonds. The number of carbonyl (C=O) groups is 2. The van der Waals surface area contributed by atoms with Crippen LogP contribution in [-0.4, -0.2) is 42.3 Å². The van der Waals surface area contributed by atoms with Gasteiger partial charge in [-0.05, 0) is 42.8 Å². The second kappa shape index (κ2) is 10.2. The van der Waals surface area contributed by atoms with E-state index < -0.39 is 5.97 Å². The molecule has 0 radical (unpaired) electrons. The van der Waals surface area contributed by atoms with Crippen molar-refractivity contribution in [1.29, 1.82) is 0 Å². The van der Waals surface area contributed by atoms with Crippen molar-refractivity contribution < 1.29 is 14.3 Å². The van der Waals surface area contributed by atoms with Crippen LogP contribution in [0, 0.1) is 5.92 Å². The van der Waals surface area contributed by atoms with Gasteiger partial charge < -0.3 is 21.1 Å². The Morgan fingerprint density at radius 3 is 2.71 bits per heavy atom. The Labute approximate surface area is 196 Å². The highest BCUT2D eigenvalue weighted by molar-refractivity contribution is 6.34. The Bertz CT molecular complexity index is 1110. The first kappa shape index (κ1) is 24.7. The number of aromatic amines is 1. The fourth-order valence-corrected chi connectivity index (χ4v) is 3.75. The molecule has 1 aliphatic rings. The zero-order valence-corrected chi connectivity index (χ0v) is 18.9. The number of hydrogen-bond acceptors (Lipinski definition) is 6. The normalized spacial score (nSPS) is 15.1. The third kappa shape index (κ3) is 4.88. The first-order valence-electron chi connectivity index (χ1n) is 9.15. The van der Waals surface area contributed by atoms with Gasteiger partial charge in [0.2, 0.25) is 5.91 Å². The molecule has 1 aromatic heterocycles. The maximum absolute atomic E-state index is 12.5. The molecule has 0 bridgehead atoms. The van der Waals surface area contributed by atoms with E-state index in [-0.39, 0.29) is 47.9 Å². The molecule has 1 atom stereocenters. The Morgan fingerprint density at radius 1 is 1.26 bits per heavy atom. The average molecular weight is 487 g/mol. The number of nitrogens with two attached hydrogens (primary N) is 1. The van der Waals surface area contributed by atoms with Crippen molar-refractivity contribution in [3.05, 3.63) is 40.9 Å². The van der Waals surface area contributed by atoms with Crippen LogP contribution in [0.4, 0.5) is 11.5 Å². The van der Waals surface area contributed by atoms with Gasteiger partial charge in [-0.25, -0.2) is 4.79 Å². The van der Waals surface area contributed by atoms with Gasteiger partial charge >= 0.3 is 5.97 Å². The zero-order valence-electron chi connectivity index (χ0n) is 16.5. The number of benzene rings is 2. The van der Waals surface area contributed by atoms with E-state index in [0.29, 0.717) is 22.9 Å². The largest absolute Gasteiger partial charge is 0.465 e. The molecule has 1 saturated heterocycles. The number of rotatable bonds is 4. The summed E-state index contributed by atoms with van der Waals surface area (Å²) in [7, 11) is 1.29. The molecule has 8 nitrogen and oxygen atoms in total. The Morgan fingerprint density at radius 2 is 2.03 bits per heavy atom. The molecule has 166 valence electrons. The van der Waals surface area contributed by atoms with Crippen LogP contribution in [0.2, 0.25) is 5.02 Å². The number of fused-ring (bicyclic) bond motifs is 1. The lowest BCUT2D eigenvalue weighted by Crippen LogP contribution is -2.24. The fourth-order valence-electron chi connectivity index (χ4n) is 3.47. The lowest BCUT2D eigenvalue weighted by Gasteiger charge is -2.11. The van der Waals surface area contributed by atoms with Gasteiger partial charge in [-0.1, -0.05) is 17.7 Å². The molecular weight excluding hydrogens is 465 g/mol. The van der Waals surface area contributed by atoms with Crippen molar-refractivity contribution in [2.24, 2.45) is 5.92 Å². The molecule has 0 aliphatic carbocycles. The summed E-state index contributed by atoms with van der Waals surface area (Å²) in [6.07, 6.45) is 0.802. The zero-order chi connectivity index (χ0) is 20.5. The Hall–Kier alpha value is -2.52. The fraction of sp³-hybridized carbons (Fsp3) is 0.250. The van der Waals surface area contributed by atoms with E-state index in [4.69, 9.17) is 22.1 Å². The summed E-state index contributed by atoms with van der Waals surface area (Å²) in [4.78, 5) is 24.5. The first-order chi connectivity index (χ1) is 14.0. The van der Waals surface area contributed by atoms with E-state index in [1.165, 1.54) is 13.2 Å². The van der Waals surface area contributed by atoms with E-state index in [1.807, 2.05) is 18.2 Å². The number of nitrogens with zero attached hydrogens (tertiary/aromatic N) is 1. The topological polar surface area (TPSA) is 122 Å². The number of carbonyl (C=O) groups excluding carboxylic acids is 2. The van der Waals surface area contributed by atoms with E-state index >= 15 is 0 Å². The van der Waals surface area contributed by atoms with Crippen LogP contribution in [0.5, 0.6) is 0 Å². The quantitative estimate of drug-likeness (QED) is 0.330. The molecule has 11 heteroatoms. The third-order valence-electron chi connectivity index (χ3n) is 5.09. The highest BCUT2D eigenvalue weighted by Gasteiger charge is 2.24. The predicted octanol–water partition coefficient (Wildman–Crippen LogP) is 3.64. The van der Waals surface area contributed by atoms with E-state index in [2.05, 4.69) is 20.8 Å². The maximum atomic E-state index is 12.5. The monoisotopic (exact) mass is 485 g/mol. The average Bonchev–Trinajstić information content (AvgIpc) is 3.38. The highest BCUT2D eigenvalue weighted by atomic mass is 35.5. The standard InChI is InChI=1S/C20H20ClN5O3.2ClH/c1-29-20(28)13-7-12(15(21)8-16(13)22)10-2-3-17-14(6-10)18(26-25-17)24-19(27)11-4-5-23-9-11;;/h2-3,6-8,11,23H,4-5,9,22H2,1H3,(H2,24,25,26,27);2*1H/t11-;;/m1../s1. The molecule has 3 aromatic rings. The van der Waals surface area contributed by atoms with Crippen molar-refractivity contribution in [2.75, 3.05) is 31.2 Å². The third-order valence-corrected chi connectivity index (χ3v) is 5.40. The van der Waals surface area contributed by atoms with Crippen molar-refractivity contribution in [3.8, 4) is 11.1 Å². The summed E-state index contributed by atoms with van der Waals surface area (Å²) in [6.45, 7) is 1.50. The van der Waals surface area contributed by atoms with Crippen molar-refractivity contribution in [2.45, 2.75) is 6.42 Å². The Kier molecular flexibility index (Phi) is 8.14. The summed E-state index contributed by atoms with van der Waals surface area (Å²) < 4.78 is 4.79. The predicted molar refractivity (Wildman–Crippen MR) is 126 cm³/mol. The SMILES string of the molecule is COC(=O)c1cc(-c2ccc3[nH]nc(NC(=O)[C@@H]4CCNC4)c3c2)c(Cl)cc1N.Cl.Cl. The molecular formula is C20H22Cl3N5O3. The van der Waals surface area contributed by atoms with Gasteiger partial charge in [0, 0.05) is 23.2 Å². The van der Waals surface area contributed by atoms with Crippen LogP contribution in [0.3, 0.4) is 0 Å². The first-order valence-corrected chi connectivity index (χ1v) is 9.53. The van der Waals surface area contributed by atoms with Crippen LogP contribution >= 0.6 is 36.4 Å². The number of H-pyrrole nitrogens is 1. The number of esters is 1. The van der Waals surface area contributed by atoms with Gasteiger partial charge in [0.1, 0.15) is 0 Å². The minimum atomic E-state index is -0.539. The summed E-state index contributed by atoms with van der Waals surface area (Å²) in [6, 6.07) is 8.69. The summed E-state index contributed by atoms with van der Waals surface area (Å²) in [5, 5.41) is 14.4. The number of nitrogen functional groups attached to an aromatic ring is 1. The van der Waals surface area contributed by atoms with Crippen molar-refractivity contribution >= 4 is 70.7 Å². The van der Waals surface area contributed by atoms with Gasteiger partial charge in [-0.15, -0.1) is 24.8 Å². The lowest BCUT2D eigenvalue weighted by molar-refractivity contribution is -0.119. The van der Waals surface area contributed by atoms with E-state index in [9.17, 15) is 9.59 Å². The van der Waals surface area contributed by atoms with Crippen LogP contribution in [-0.2, 0) is 9.53 Å². The second-order valence-corrected chi connectivity index (χ2v) is 7.33. The number of anilines is 2. The van der Waals surface area contributed by atoms with Crippen molar-refractivity contribution in [3.63, 3.8) is 0 Å². The number of nitrogens with one attached hydrogen (secondary N) is 3. The minimum Gasteiger partial charge on any atom is -0.465 e. The number of hydrogen-bond donors (Lipinski definition) is 4. The molecule has 1 aliphatic heterocycles. The van der Waals surface area contributed by atoms with E-state index in [0.717, 1.165) is 29.4 Å². The number of aromatic nitrogens is 2. The summed E-state index contributed by atoms with van der Waals surface area (Å²) >= 11 is 6.39. The van der Waals surface area contributed by atoms with Gasteiger partial charge in [0.05, 0.1) is 29.1 Å². The molecule has 2 heterocycles.